The number of aromatic nitrogens is 2. The maximum Gasteiger partial charge on any atom is 0.165 e. The molecule has 0 saturated heterocycles. The zero-order valence-corrected chi connectivity index (χ0v) is 10.8. The van der Waals surface area contributed by atoms with Crippen LogP contribution in [0.2, 0.25) is 0 Å². The summed E-state index contributed by atoms with van der Waals surface area (Å²) in [6.45, 7) is 0. The maximum absolute atomic E-state index is 12.3. The van der Waals surface area contributed by atoms with Gasteiger partial charge in [0.25, 0.3) is 0 Å². The van der Waals surface area contributed by atoms with Crippen molar-refractivity contribution in [1.82, 2.24) is 9.55 Å². The van der Waals surface area contributed by atoms with Crippen LogP contribution in [0.5, 0.6) is 0 Å². The van der Waals surface area contributed by atoms with Crippen molar-refractivity contribution in [3.05, 3.63) is 41.7 Å². The highest BCUT2D eigenvalue weighted by Gasteiger charge is 2.25. The van der Waals surface area contributed by atoms with Gasteiger partial charge >= 0.3 is 0 Å². The van der Waals surface area contributed by atoms with E-state index in [2.05, 4.69) is 15.6 Å². The van der Waals surface area contributed by atoms with Crippen LogP contribution in [0.15, 0.2) is 30.5 Å². The van der Waals surface area contributed by atoms with Crippen LogP contribution in [-0.4, -0.2) is 15.3 Å². The van der Waals surface area contributed by atoms with Gasteiger partial charge in [0, 0.05) is 35.5 Å². The van der Waals surface area contributed by atoms with Crippen molar-refractivity contribution in [2.45, 2.75) is 19.3 Å². The minimum Gasteiger partial charge on any atom is -0.346 e. The number of carbonyl (C=O) groups excluding carboxylic acids is 1. The van der Waals surface area contributed by atoms with Gasteiger partial charge in [-0.15, -0.1) is 0 Å². The van der Waals surface area contributed by atoms with Crippen molar-refractivity contribution in [2.24, 2.45) is 7.05 Å². The molecule has 0 bridgehead atoms. The standard InChI is InChI=1S/C16H14N2O/c1-18-12-7-4-8-14(19)16(12)15-10-5-2-3-6-11(10)17-9-13(15)18/h2-3,5-6,9H,4,7-8H2,1H3. The minimum absolute atomic E-state index is 0.281. The van der Waals surface area contributed by atoms with Crippen LogP contribution < -0.4 is 0 Å². The molecule has 1 aromatic carbocycles. The smallest absolute Gasteiger partial charge is 0.165 e. The van der Waals surface area contributed by atoms with Gasteiger partial charge in [-0.05, 0) is 18.9 Å². The van der Waals surface area contributed by atoms with Crippen molar-refractivity contribution in [2.75, 3.05) is 0 Å². The number of hydrogen-bond donors (Lipinski definition) is 0. The van der Waals surface area contributed by atoms with Gasteiger partial charge in [-0.3, -0.25) is 9.78 Å². The molecule has 0 unspecified atom stereocenters. The molecule has 0 fully saturated rings. The van der Waals surface area contributed by atoms with E-state index < -0.39 is 0 Å². The first-order chi connectivity index (χ1) is 9.27. The minimum atomic E-state index is 0.281. The Labute approximate surface area is 110 Å². The van der Waals surface area contributed by atoms with Gasteiger partial charge in [0.1, 0.15) is 0 Å². The molecule has 3 aromatic rings. The Hall–Kier alpha value is -2.16. The molecule has 1 aliphatic carbocycles. The van der Waals surface area contributed by atoms with Gasteiger partial charge in [0.05, 0.1) is 17.2 Å². The summed E-state index contributed by atoms with van der Waals surface area (Å²) in [5.74, 6) is 0.281. The second-order valence-corrected chi connectivity index (χ2v) is 5.19. The Morgan fingerprint density at radius 2 is 2.05 bits per heavy atom. The third-order valence-corrected chi connectivity index (χ3v) is 4.16. The predicted molar refractivity (Wildman–Crippen MR) is 75.5 cm³/mol. The molecule has 1 aliphatic rings. The maximum atomic E-state index is 12.3. The first kappa shape index (κ1) is 10.7. The number of Topliss-reactive ketones (excluding diaryl/α,β-unsaturated/α-hetero) is 1. The highest BCUT2D eigenvalue weighted by molar-refractivity contribution is 6.18. The zero-order valence-electron chi connectivity index (χ0n) is 10.8. The molecule has 0 amide bonds. The lowest BCUT2D eigenvalue weighted by Gasteiger charge is -2.12. The number of carbonyl (C=O) groups is 1. The van der Waals surface area contributed by atoms with Crippen LogP contribution in [0.25, 0.3) is 21.8 Å². The Kier molecular flexibility index (Phi) is 2.07. The molecule has 3 heteroatoms. The first-order valence-corrected chi connectivity index (χ1v) is 6.65. The highest BCUT2D eigenvalue weighted by atomic mass is 16.1. The lowest BCUT2D eigenvalue weighted by molar-refractivity contribution is 0.0973. The zero-order chi connectivity index (χ0) is 13.0. The van der Waals surface area contributed by atoms with E-state index in [1.807, 2.05) is 31.4 Å². The summed E-state index contributed by atoms with van der Waals surface area (Å²) in [6, 6.07) is 8.06. The molecule has 3 nitrogen and oxygen atoms in total. The number of hydrogen-bond acceptors (Lipinski definition) is 2. The monoisotopic (exact) mass is 250 g/mol. The molecule has 0 radical (unpaired) electrons. The summed E-state index contributed by atoms with van der Waals surface area (Å²) in [6.07, 6.45) is 4.51. The first-order valence-electron chi connectivity index (χ1n) is 6.65. The van der Waals surface area contributed by atoms with Gasteiger partial charge in [-0.2, -0.15) is 0 Å². The molecule has 2 aromatic heterocycles. The molecule has 0 atom stereocenters. The lowest BCUT2D eigenvalue weighted by Crippen LogP contribution is -2.11. The van der Waals surface area contributed by atoms with E-state index in [0.717, 1.165) is 40.2 Å². The van der Waals surface area contributed by atoms with E-state index in [9.17, 15) is 4.79 Å². The number of aryl methyl sites for hydroxylation is 1. The number of pyridine rings is 1. The number of benzene rings is 1. The third-order valence-electron chi connectivity index (χ3n) is 4.16. The topological polar surface area (TPSA) is 34.9 Å². The second kappa shape index (κ2) is 3.67. The normalized spacial score (nSPS) is 15.1. The van der Waals surface area contributed by atoms with E-state index in [4.69, 9.17) is 0 Å². The van der Waals surface area contributed by atoms with Crippen LogP contribution >= 0.6 is 0 Å². The van der Waals surface area contributed by atoms with E-state index in [1.165, 1.54) is 5.69 Å². The van der Waals surface area contributed by atoms with E-state index in [-0.39, 0.29) is 5.78 Å². The molecule has 0 spiro atoms. The molecule has 19 heavy (non-hydrogen) atoms. The summed E-state index contributed by atoms with van der Waals surface area (Å²) in [7, 11) is 2.04. The number of nitrogens with zero attached hydrogens (tertiary/aromatic N) is 2. The van der Waals surface area contributed by atoms with Crippen LogP contribution in [0.3, 0.4) is 0 Å². The van der Waals surface area contributed by atoms with Crippen molar-refractivity contribution in [3.63, 3.8) is 0 Å². The van der Waals surface area contributed by atoms with E-state index in [0.29, 0.717) is 6.42 Å². The van der Waals surface area contributed by atoms with Crippen LogP contribution in [0.1, 0.15) is 28.9 Å². The van der Waals surface area contributed by atoms with E-state index >= 15 is 0 Å². The van der Waals surface area contributed by atoms with Crippen LogP contribution in [-0.2, 0) is 13.5 Å². The number of rotatable bonds is 0. The molecule has 0 aliphatic heterocycles. The summed E-state index contributed by atoms with van der Waals surface area (Å²) in [5, 5.41) is 2.18. The SMILES string of the molecule is Cn1c2c(c3c4ccccc4ncc31)C(=O)CCC2. The predicted octanol–water partition coefficient (Wildman–Crippen LogP) is 3.25. The van der Waals surface area contributed by atoms with Crippen LogP contribution in [0.4, 0.5) is 0 Å². The van der Waals surface area contributed by atoms with Gasteiger partial charge < -0.3 is 4.57 Å². The molecule has 4 rings (SSSR count). The largest absolute Gasteiger partial charge is 0.346 e. The van der Waals surface area contributed by atoms with Gasteiger partial charge in [0.15, 0.2) is 5.78 Å². The fourth-order valence-corrected chi connectivity index (χ4v) is 3.24. The second-order valence-electron chi connectivity index (χ2n) is 5.19. The molecular formula is C16H14N2O. The number of fused-ring (bicyclic) bond motifs is 5. The summed E-state index contributed by atoms with van der Waals surface area (Å²) in [5.41, 5.74) is 4.13. The van der Waals surface area contributed by atoms with Gasteiger partial charge in [0.2, 0.25) is 0 Å². The summed E-state index contributed by atoms with van der Waals surface area (Å²) < 4.78 is 2.14. The Bertz CT molecular complexity index is 829. The number of para-hydroxylation sites is 1. The summed E-state index contributed by atoms with van der Waals surface area (Å²) in [4.78, 5) is 16.8. The Morgan fingerprint density at radius 3 is 2.95 bits per heavy atom. The van der Waals surface area contributed by atoms with Crippen LogP contribution in [0, 0.1) is 0 Å². The Balaban J connectivity index is 2.28. The molecular weight excluding hydrogens is 236 g/mol. The molecule has 94 valence electrons. The fraction of sp³-hybridized carbons (Fsp3) is 0.250. The molecule has 0 saturated carbocycles. The average molecular weight is 250 g/mol. The fourth-order valence-electron chi connectivity index (χ4n) is 3.24. The third kappa shape index (κ3) is 1.33. The molecule has 2 heterocycles. The molecule has 0 N–H and O–H groups in total. The highest BCUT2D eigenvalue weighted by Crippen LogP contribution is 2.35. The van der Waals surface area contributed by atoms with Crippen molar-refractivity contribution in [3.8, 4) is 0 Å². The van der Waals surface area contributed by atoms with E-state index in [1.54, 1.807) is 0 Å². The van der Waals surface area contributed by atoms with Gasteiger partial charge in [-0.25, -0.2) is 0 Å². The summed E-state index contributed by atoms with van der Waals surface area (Å²) >= 11 is 0. The quantitative estimate of drug-likeness (QED) is 0.614. The van der Waals surface area contributed by atoms with Crippen molar-refractivity contribution < 1.29 is 4.79 Å². The lowest BCUT2D eigenvalue weighted by atomic mass is 9.93. The Morgan fingerprint density at radius 1 is 1.21 bits per heavy atom. The van der Waals surface area contributed by atoms with Gasteiger partial charge in [-0.1, -0.05) is 18.2 Å². The number of ketones is 1. The average Bonchev–Trinajstić information content (AvgIpc) is 2.74. The van der Waals surface area contributed by atoms with Crippen molar-refractivity contribution in [1.29, 1.82) is 0 Å². The van der Waals surface area contributed by atoms with Crippen molar-refractivity contribution >= 4 is 27.6 Å².